The summed E-state index contributed by atoms with van der Waals surface area (Å²) in [6.45, 7) is 2.58. The molecule has 1 atom stereocenters. The van der Waals surface area contributed by atoms with E-state index in [0.717, 1.165) is 44.5 Å². The number of ether oxygens (including phenoxy) is 1. The van der Waals surface area contributed by atoms with Gasteiger partial charge in [0, 0.05) is 12.0 Å². The van der Waals surface area contributed by atoms with Crippen LogP contribution in [0.15, 0.2) is 18.2 Å². The Hall–Kier alpha value is -1.40. The molecule has 4 nitrogen and oxygen atoms in total. The molecular formula is C16H21ClF2N2O2. The third-order valence-corrected chi connectivity index (χ3v) is 4.67. The number of halogens is 3. The molecule has 3 rings (SSSR count). The zero-order chi connectivity index (χ0) is 15.6. The molecule has 1 aliphatic carbocycles. The van der Waals surface area contributed by atoms with E-state index in [1.807, 2.05) is 0 Å². The minimum atomic E-state index is -0.938. The van der Waals surface area contributed by atoms with Crippen LogP contribution in [0.4, 0.5) is 8.78 Å². The summed E-state index contributed by atoms with van der Waals surface area (Å²) in [7, 11) is 0. The van der Waals surface area contributed by atoms with E-state index in [1.165, 1.54) is 6.07 Å². The summed E-state index contributed by atoms with van der Waals surface area (Å²) in [5.41, 5.74) is 0.219. The topological polar surface area (TPSA) is 50.4 Å². The summed E-state index contributed by atoms with van der Waals surface area (Å²) >= 11 is 0. The average molecular weight is 347 g/mol. The first-order valence-electron chi connectivity index (χ1n) is 7.67. The lowest BCUT2D eigenvalue weighted by Gasteiger charge is -2.23. The summed E-state index contributed by atoms with van der Waals surface area (Å²) in [6, 6.07) is 3.39. The third-order valence-electron chi connectivity index (χ3n) is 4.67. The Balaban J connectivity index is 0.00000192. The van der Waals surface area contributed by atoms with Gasteiger partial charge in [0.25, 0.3) is 0 Å². The molecule has 1 aromatic carbocycles. The molecule has 1 aromatic rings. The molecule has 0 bridgehead atoms. The second-order valence-corrected chi connectivity index (χ2v) is 6.08. The Morgan fingerprint density at radius 3 is 2.74 bits per heavy atom. The van der Waals surface area contributed by atoms with Gasteiger partial charge in [-0.25, -0.2) is 8.78 Å². The predicted molar refractivity (Wildman–Crippen MR) is 84.8 cm³/mol. The molecule has 2 fully saturated rings. The van der Waals surface area contributed by atoms with Crippen molar-refractivity contribution in [2.75, 3.05) is 26.2 Å². The van der Waals surface area contributed by atoms with Crippen LogP contribution in [0.1, 0.15) is 19.3 Å². The first kappa shape index (κ1) is 17.9. The van der Waals surface area contributed by atoms with Crippen molar-refractivity contribution in [3.63, 3.8) is 0 Å². The Kier molecular flexibility index (Phi) is 5.81. The van der Waals surface area contributed by atoms with Gasteiger partial charge in [-0.15, -0.1) is 12.4 Å². The lowest BCUT2D eigenvalue weighted by atomic mass is 9.92. The fourth-order valence-electron chi connectivity index (χ4n) is 3.23. The maximum Gasteiger partial charge on any atom is 0.223 e. The highest BCUT2D eigenvalue weighted by Crippen LogP contribution is 2.58. The number of nitrogens with one attached hydrogen (secondary N) is 2. The molecule has 2 aliphatic rings. The van der Waals surface area contributed by atoms with Crippen LogP contribution in [-0.4, -0.2) is 32.1 Å². The first-order chi connectivity index (χ1) is 10.6. The van der Waals surface area contributed by atoms with E-state index in [4.69, 9.17) is 4.74 Å². The summed E-state index contributed by atoms with van der Waals surface area (Å²) in [5, 5.41) is 6.17. The largest absolute Gasteiger partial charge is 0.492 e. The molecule has 0 aromatic heterocycles. The van der Waals surface area contributed by atoms with Gasteiger partial charge in [0.1, 0.15) is 12.4 Å². The van der Waals surface area contributed by atoms with Gasteiger partial charge in [0.2, 0.25) is 5.91 Å². The predicted octanol–water partition coefficient (Wildman–Crippen LogP) is 2.27. The first-order valence-corrected chi connectivity index (χ1v) is 7.67. The van der Waals surface area contributed by atoms with Crippen molar-refractivity contribution in [1.82, 2.24) is 10.6 Å². The van der Waals surface area contributed by atoms with E-state index in [9.17, 15) is 13.6 Å². The maximum absolute atomic E-state index is 13.0. The van der Waals surface area contributed by atoms with Crippen LogP contribution in [0, 0.1) is 23.0 Å². The molecule has 7 heteroatoms. The minimum Gasteiger partial charge on any atom is -0.492 e. The van der Waals surface area contributed by atoms with Crippen LogP contribution < -0.4 is 15.4 Å². The van der Waals surface area contributed by atoms with Crippen molar-refractivity contribution in [2.24, 2.45) is 11.3 Å². The number of amides is 1. The summed E-state index contributed by atoms with van der Waals surface area (Å²) < 4.78 is 31.1. The molecule has 23 heavy (non-hydrogen) atoms. The summed E-state index contributed by atoms with van der Waals surface area (Å²) in [5.74, 6) is -1.38. The number of hydrogen-bond donors (Lipinski definition) is 2. The van der Waals surface area contributed by atoms with Crippen LogP contribution in [0.3, 0.4) is 0 Å². The highest BCUT2D eigenvalue weighted by Gasteiger charge is 2.57. The second kappa shape index (κ2) is 7.45. The normalized spacial score (nSPS) is 21.4. The number of hydrogen-bond acceptors (Lipinski definition) is 3. The van der Waals surface area contributed by atoms with Crippen LogP contribution in [0.2, 0.25) is 0 Å². The van der Waals surface area contributed by atoms with Crippen LogP contribution in [0.25, 0.3) is 0 Å². The zero-order valence-electron chi connectivity index (χ0n) is 12.7. The molecule has 1 unspecified atom stereocenters. The lowest BCUT2D eigenvalue weighted by molar-refractivity contribution is -0.123. The van der Waals surface area contributed by atoms with Crippen LogP contribution in [0.5, 0.6) is 5.75 Å². The number of benzene rings is 1. The molecule has 1 heterocycles. The molecular weight excluding hydrogens is 326 g/mol. The molecule has 2 N–H and O–H groups in total. The molecule has 1 amide bonds. The number of piperidine rings is 1. The Morgan fingerprint density at radius 2 is 2.04 bits per heavy atom. The molecule has 1 aliphatic heterocycles. The molecule has 128 valence electrons. The van der Waals surface area contributed by atoms with Crippen molar-refractivity contribution in [2.45, 2.75) is 19.3 Å². The van der Waals surface area contributed by atoms with E-state index in [-0.39, 0.29) is 42.0 Å². The van der Waals surface area contributed by atoms with Crippen LogP contribution >= 0.6 is 12.4 Å². The minimum absolute atomic E-state index is 0. The van der Waals surface area contributed by atoms with Crippen molar-refractivity contribution in [3.8, 4) is 5.75 Å². The molecule has 1 saturated heterocycles. The highest BCUT2D eigenvalue weighted by molar-refractivity contribution is 5.85. The van der Waals surface area contributed by atoms with E-state index in [0.29, 0.717) is 6.54 Å². The Bertz CT molecular complexity index is 565. The lowest BCUT2D eigenvalue weighted by Crippen LogP contribution is -2.35. The molecule has 0 radical (unpaired) electrons. The zero-order valence-corrected chi connectivity index (χ0v) is 13.6. The van der Waals surface area contributed by atoms with Gasteiger partial charge in [-0.2, -0.15) is 0 Å². The van der Waals surface area contributed by atoms with Gasteiger partial charge >= 0.3 is 0 Å². The van der Waals surface area contributed by atoms with Gasteiger partial charge in [-0.3, -0.25) is 4.79 Å². The van der Waals surface area contributed by atoms with E-state index < -0.39 is 11.6 Å². The van der Waals surface area contributed by atoms with Crippen molar-refractivity contribution in [1.29, 1.82) is 0 Å². The van der Waals surface area contributed by atoms with E-state index >= 15 is 0 Å². The highest BCUT2D eigenvalue weighted by atomic mass is 35.5. The second-order valence-electron chi connectivity index (χ2n) is 6.08. The van der Waals surface area contributed by atoms with Gasteiger partial charge in [0.15, 0.2) is 11.6 Å². The maximum atomic E-state index is 13.0. The van der Waals surface area contributed by atoms with Gasteiger partial charge < -0.3 is 15.4 Å². The van der Waals surface area contributed by atoms with Gasteiger partial charge in [0.05, 0.1) is 6.54 Å². The summed E-state index contributed by atoms with van der Waals surface area (Å²) in [4.78, 5) is 12.1. The van der Waals surface area contributed by atoms with Crippen LogP contribution in [-0.2, 0) is 4.79 Å². The standard InChI is InChI=1S/C16H20F2N2O2.ClH/c17-13-2-1-11(9-14(13)18)22-8-7-20-15(21)12-10-16(12)3-5-19-6-4-16;/h1-2,9,12,19H,3-8,10H2,(H,20,21);1H. The van der Waals surface area contributed by atoms with E-state index in [1.54, 1.807) is 0 Å². The quantitative estimate of drug-likeness (QED) is 0.804. The third kappa shape index (κ3) is 4.12. The molecule has 1 spiro atoms. The summed E-state index contributed by atoms with van der Waals surface area (Å²) in [6.07, 6.45) is 3.11. The smallest absolute Gasteiger partial charge is 0.223 e. The average Bonchev–Trinajstić information content (AvgIpc) is 3.21. The fraction of sp³-hybridized carbons (Fsp3) is 0.562. The Labute approximate surface area is 140 Å². The van der Waals surface area contributed by atoms with E-state index in [2.05, 4.69) is 10.6 Å². The van der Waals surface area contributed by atoms with Gasteiger partial charge in [-0.05, 0) is 49.9 Å². The fourth-order valence-corrected chi connectivity index (χ4v) is 3.23. The SMILES string of the molecule is Cl.O=C(NCCOc1ccc(F)c(F)c1)C1CC12CCNCC2. The number of carbonyl (C=O) groups excluding carboxylic acids is 1. The number of rotatable bonds is 5. The van der Waals surface area contributed by atoms with Crippen molar-refractivity contribution >= 4 is 18.3 Å². The molecule has 1 saturated carbocycles. The number of carbonyl (C=O) groups is 1. The van der Waals surface area contributed by atoms with Crippen molar-refractivity contribution in [3.05, 3.63) is 29.8 Å². The Morgan fingerprint density at radius 1 is 1.30 bits per heavy atom. The monoisotopic (exact) mass is 346 g/mol. The van der Waals surface area contributed by atoms with Gasteiger partial charge in [-0.1, -0.05) is 0 Å². The van der Waals surface area contributed by atoms with Crippen molar-refractivity contribution < 1.29 is 18.3 Å².